The van der Waals surface area contributed by atoms with E-state index in [1.807, 2.05) is 24.3 Å². The molecule has 0 N–H and O–H groups in total. The molecule has 0 radical (unpaired) electrons. The van der Waals surface area contributed by atoms with E-state index in [0.29, 0.717) is 17.1 Å². The molecule has 2 nitrogen and oxygen atoms in total. The molecule has 4 heteroatoms. The van der Waals surface area contributed by atoms with E-state index in [1.165, 1.54) is 19.2 Å². The summed E-state index contributed by atoms with van der Waals surface area (Å²) in [6.45, 7) is 0. The van der Waals surface area contributed by atoms with Crippen LogP contribution in [0.1, 0.15) is 16.5 Å². The number of hydrogen-bond donors (Lipinski definition) is 0. The number of rotatable bonds is 4. The maximum atomic E-state index is 13.4. The summed E-state index contributed by atoms with van der Waals surface area (Å²) in [6, 6.07) is 11.7. The van der Waals surface area contributed by atoms with Crippen LogP contribution in [0.25, 0.3) is 0 Å². The number of halogens is 2. The number of benzene rings is 2. The van der Waals surface area contributed by atoms with Crippen LogP contribution < -0.4 is 9.47 Å². The average molecular weight is 281 g/mol. The van der Waals surface area contributed by atoms with Crippen LogP contribution in [0.5, 0.6) is 11.5 Å². The number of alkyl halides is 1. The van der Waals surface area contributed by atoms with Crippen LogP contribution in [0.3, 0.4) is 0 Å². The van der Waals surface area contributed by atoms with Crippen LogP contribution in [0, 0.1) is 5.82 Å². The van der Waals surface area contributed by atoms with Gasteiger partial charge in [0.25, 0.3) is 0 Å². The molecule has 1 atom stereocenters. The van der Waals surface area contributed by atoms with Gasteiger partial charge in [-0.2, -0.15) is 0 Å². The average Bonchev–Trinajstić information content (AvgIpc) is 2.46. The second-order valence-corrected chi connectivity index (χ2v) is 4.46. The Kier molecular flexibility index (Phi) is 4.27. The summed E-state index contributed by atoms with van der Waals surface area (Å²) in [5.74, 6) is 0.923. The van der Waals surface area contributed by atoms with E-state index >= 15 is 0 Å². The molecular weight excluding hydrogens is 267 g/mol. The lowest BCUT2D eigenvalue weighted by Gasteiger charge is -2.15. The molecular formula is C15H14ClFO2. The Hall–Kier alpha value is -1.74. The molecule has 2 rings (SSSR count). The Morgan fingerprint density at radius 2 is 1.84 bits per heavy atom. The minimum absolute atomic E-state index is 0.343. The summed E-state index contributed by atoms with van der Waals surface area (Å²) >= 11 is 6.41. The van der Waals surface area contributed by atoms with Crippen molar-refractivity contribution in [2.24, 2.45) is 0 Å². The van der Waals surface area contributed by atoms with Crippen molar-refractivity contribution < 1.29 is 13.9 Å². The van der Waals surface area contributed by atoms with Gasteiger partial charge in [-0.1, -0.05) is 12.1 Å². The van der Waals surface area contributed by atoms with Crippen LogP contribution in [-0.2, 0) is 0 Å². The van der Waals surface area contributed by atoms with E-state index in [9.17, 15) is 4.39 Å². The molecule has 0 spiro atoms. The summed E-state index contributed by atoms with van der Waals surface area (Å²) in [4.78, 5) is 0. The predicted octanol–water partition coefficient (Wildman–Crippen LogP) is 4.17. The van der Waals surface area contributed by atoms with Crippen LogP contribution in [-0.4, -0.2) is 14.2 Å². The first-order valence-electron chi connectivity index (χ1n) is 5.77. The van der Waals surface area contributed by atoms with Gasteiger partial charge < -0.3 is 9.47 Å². The minimum atomic E-state index is -0.499. The van der Waals surface area contributed by atoms with E-state index in [1.54, 1.807) is 13.2 Å². The van der Waals surface area contributed by atoms with Gasteiger partial charge in [-0.15, -0.1) is 11.6 Å². The number of hydrogen-bond acceptors (Lipinski definition) is 2. The fourth-order valence-electron chi connectivity index (χ4n) is 1.88. The predicted molar refractivity (Wildman–Crippen MR) is 73.6 cm³/mol. The van der Waals surface area contributed by atoms with E-state index in [2.05, 4.69) is 0 Å². The second kappa shape index (κ2) is 5.93. The number of methoxy groups -OCH3 is 2. The highest BCUT2D eigenvalue weighted by Gasteiger charge is 2.17. The van der Waals surface area contributed by atoms with Gasteiger partial charge >= 0.3 is 0 Å². The third-order valence-corrected chi connectivity index (χ3v) is 3.34. The molecule has 19 heavy (non-hydrogen) atoms. The monoisotopic (exact) mass is 280 g/mol. The molecule has 1 unspecified atom stereocenters. The minimum Gasteiger partial charge on any atom is -0.497 e. The lowest BCUT2D eigenvalue weighted by Crippen LogP contribution is -1.99. The highest BCUT2D eigenvalue weighted by Crippen LogP contribution is 2.36. The second-order valence-electron chi connectivity index (χ2n) is 4.03. The van der Waals surface area contributed by atoms with Crippen molar-refractivity contribution in [1.82, 2.24) is 0 Å². The van der Waals surface area contributed by atoms with Crippen molar-refractivity contribution >= 4 is 11.6 Å². The largest absolute Gasteiger partial charge is 0.497 e. The summed E-state index contributed by atoms with van der Waals surface area (Å²) in [5.41, 5.74) is 1.42. The van der Waals surface area contributed by atoms with Crippen molar-refractivity contribution in [2.75, 3.05) is 14.2 Å². The molecule has 0 heterocycles. The molecule has 0 aliphatic rings. The third kappa shape index (κ3) is 2.99. The van der Waals surface area contributed by atoms with Crippen LogP contribution in [0.4, 0.5) is 4.39 Å². The molecule has 0 bridgehead atoms. The van der Waals surface area contributed by atoms with E-state index in [-0.39, 0.29) is 5.82 Å². The quantitative estimate of drug-likeness (QED) is 0.783. The Morgan fingerprint density at radius 3 is 2.53 bits per heavy atom. The Bertz CT molecular complexity index is 572. The Balaban J connectivity index is 2.42. The van der Waals surface area contributed by atoms with Gasteiger partial charge in [-0.25, -0.2) is 4.39 Å². The van der Waals surface area contributed by atoms with E-state index in [4.69, 9.17) is 21.1 Å². The zero-order valence-electron chi connectivity index (χ0n) is 10.7. The molecule has 0 aliphatic heterocycles. The van der Waals surface area contributed by atoms with Crippen LogP contribution in [0.2, 0.25) is 0 Å². The maximum absolute atomic E-state index is 13.4. The first-order valence-corrected chi connectivity index (χ1v) is 6.21. The van der Waals surface area contributed by atoms with E-state index in [0.717, 1.165) is 5.56 Å². The smallest absolute Gasteiger partial charge is 0.124 e. The zero-order chi connectivity index (χ0) is 13.8. The Morgan fingerprint density at radius 1 is 1.05 bits per heavy atom. The molecule has 0 saturated carbocycles. The van der Waals surface area contributed by atoms with Gasteiger partial charge in [0.1, 0.15) is 17.3 Å². The first kappa shape index (κ1) is 13.7. The van der Waals surface area contributed by atoms with Crippen molar-refractivity contribution in [2.45, 2.75) is 5.38 Å². The maximum Gasteiger partial charge on any atom is 0.124 e. The first-order chi connectivity index (χ1) is 9.15. The molecule has 0 fully saturated rings. The van der Waals surface area contributed by atoms with Gasteiger partial charge in [-0.3, -0.25) is 0 Å². The van der Waals surface area contributed by atoms with E-state index < -0.39 is 5.38 Å². The molecule has 0 aliphatic carbocycles. The Labute approximate surface area is 116 Å². The third-order valence-electron chi connectivity index (χ3n) is 2.85. The fourth-order valence-corrected chi connectivity index (χ4v) is 2.19. The molecule has 0 saturated heterocycles. The molecule has 0 amide bonds. The van der Waals surface area contributed by atoms with Crippen LogP contribution >= 0.6 is 11.6 Å². The van der Waals surface area contributed by atoms with Gasteiger partial charge in [0.05, 0.1) is 19.6 Å². The summed E-state index contributed by atoms with van der Waals surface area (Å²) in [6.07, 6.45) is 0. The van der Waals surface area contributed by atoms with Crippen molar-refractivity contribution in [3.05, 3.63) is 59.4 Å². The molecule has 100 valence electrons. The van der Waals surface area contributed by atoms with Gasteiger partial charge in [0.15, 0.2) is 0 Å². The molecule has 0 aromatic heterocycles. The fraction of sp³-hybridized carbons (Fsp3) is 0.200. The summed E-state index contributed by atoms with van der Waals surface area (Å²) < 4.78 is 23.7. The number of ether oxygens (including phenoxy) is 2. The SMILES string of the molecule is COc1cccc(C(Cl)c2cc(F)ccc2OC)c1. The highest BCUT2D eigenvalue weighted by atomic mass is 35.5. The standard InChI is InChI=1S/C15H14ClFO2/c1-18-12-5-3-4-10(8-12)15(16)13-9-11(17)6-7-14(13)19-2/h3-9,15H,1-2H3. The van der Waals surface area contributed by atoms with Gasteiger partial charge in [-0.05, 0) is 35.9 Å². The van der Waals surface area contributed by atoms with Gasteiger partial charge in [0, 0.05) is 5.56 Å². The van der Waals surface area contributed by atoms with Crippen molar-refractivity contribution in [3.63, 3.8) is 0 Å². The van der Waals surface area contributed by atoms with Crippen molar-refractivity contribution in [1.29, 1.82) is 0 Å². The summed E-state index contributed by atoms with van der Waals surface area (Å²) in [5, 5.41) is -0.499. The molecule has 2 aromatic carbocycles. The lowest BCUT2D eigenvalue weighted by atomic mass is 10.0. The zero-order valence-corrected chi connectivity index (χ0v) is 11.4. The topological polar surface area (TPSA) is 18.5 Å². The lowest BCUT2D eigenvalue weighted by molar-refractivity contribution is 0.408. The van der Waals surface area contributed by atoms with Crippen molar-refractivity contribution in [3.8, 4) is 11.5 Å². The summed E-state index contributed by atoms with van der Waals surface area (Å²) in [7, 11) is 3.12. The van der Waals surface area contributed by atoms with Crippen LogP contribution in [0.15, 0.2) is 42.5 Å². The molecule has 2 aromatic rings. The van der Waals surface area contributed by atoms with Gasteiger partial charge in [0.2, 0.25) is 0 Å². The highest BCUT2D eigenvalue weighted by molar-refractivity contribution is 6.22. The normalized spacial score (nSPS) is 12.0.